The maximum atomic E-state index is 11.3. The molecule has 6 nitrogen and oxygen atoms in total. The largest absolute Gasteiger partial charge is 0.480 e. The van der Waals surface area contributed by atoms with Crippen molar-refractivity contribution in [2.75, 3.05) is 5.32 Å². The van der Waals surface area contributed by atoms with E-state index in [1.165, 1.54) is 0 Å². The molecular weight excluding hydrogens is 280 g/mol. The highest BCUT2D eigenvalue weighted by Crippen LogP contribution is 2.17. The molecule has 0 bridgehead atoms. The van der Waals surface area contributed by atoms with E-state index in [1.807, 2.05) is 32.0 Å². The minimum Gasteiger partial charge on any atom is -0.480 e. The number of aromatic nitrogens is 3. The monoisotopic (exact) mass is 300 g/mol. The molecule has 0 saturated heterocycles. The Labute approximate surface area is 129 Å². The molecule has 1 atom stereocenters. The van der Waals surface area contributed by atoms with Gasteiger partial charge in [-0.3, -0.25) is 4.98 Å². The minimum absolute atomic E-state index is 0.489. The summed E-state index contributed by atoms with van der Waals surface area (Å²) in [7, 11) is 0. The van der Waals surface area contributed by atoms with Crippen LogP contribution in [0.1, 0.15) is 31.9 Å². The van der Waals surface area contributed by atoms with E-state index in [0.29, 0.717) is 23.8 Å². The summed E-state index contributed by atoms with van der Waals surface area (Å²) in [5, 5.41) is 12.3. The summed E-state index contributed by atoms with van der Waals surface area (Å²) in [5.74, 6) is 0.128. The molecule has 2 heterocycles. The number of carboxylic acid groups (broad SMARTS) is 1. The Morgan fingerprint density at radius 2 is 2.18 bits per heavy atom. The summed E-state index contributed by atoms with van der Waals surface area (Å²) in [5.41, 5.74) is 1.42. The lowest BCUT2D eigenvalue weighted by atomic mass is 10.1. The van der Waals surface area contributed by atoms with Crippen molar-refractivity contribution in [3.63, 3.8) is 0 Å². The molecular formula is C16H20N4O2. The smallest absolute Gasteiger partial charge is 0.326 e. The van der Waals surface area contributed by atoms with E-state index in [0.717, 1.165) is 18.5 Å². The highest BCUT2D eigenvalue weighted by molar-refractivity contribution is 5.77. The van der Waals surface area contributed by atoms with Crippen LogP contribution in [-0.2, 0) is 4.79 Å². The van der Waals surface area contributed by atoms with Crippen molar-refractivity contribution in [3.8, 4) is 11.5 Å². The van der Waals surface area contributed by atoms with Crippen molar-refractivity contribution in [2.24, 2.45) is 0 Å². The molecule has 2 N–H and O–H groups in total. The topological polar surface area (TPSA) is 88.0 Å². The summed E-state index contributed by atoms with van der Waals surface area (Å²) in [6.07, 6.45) is 4.04. The van der Waals surface area contributed by atoms with Crippen LogP contribution >= 0.6 is 0 Å². The molecule has 0 aromatic carbocycles. The number of hydrogen-bond donors (Lipinski definition) is 2. The lowest BCUT2D eigenvalue weighted by Crippen LogP contribution is -2.29. The zero-order valence-corrected chi connectivity index (χ0v) is 12.8. The van der Waals surface area contributed by atoms with Gasteiger partial charge in [-0.25, -0.2) is 14.8 Å². The van der Waals surface area contributed by atoms with Crippen molar-refractivity contribution in [1.82, 2.24) is 15.0 Å². The number of aryl methyl sites for hydroxylation is 1. The van der Waals surface area contributed by atoms with Gasteiger partial charge in [0.1, 0.15) is 17.6 Å². The molecule has 116 valence electrons. The van der Waals surface area contributed by atoms with E-state index in [1.54, 1.807) is 12.3 Å². The molecule has 6 heteroatoms. The van der Waals surface area contributed by atoms with Gasteiger partial charge in [0.2, 0.25) is 0 Å². The Balaban J connectivity index is 2.24. The molecule has 2 aromatic heterocycles. The van der Waals surface area contributed by atoms with E-state index in [9.17, 15) is 9.90 Å². The number of carboxylic acids is 1. The number of pyridine rings is 1. The standard InChI is InChI=1S/C16H20N4O2/c1-3-4-7-13(16(21)22)19-14-10-11(2)18-15(20-14)12-8-5-6-9-17-12/h5-6,8-10,13H,3-4,7H2,1-2H3,(H,21,22)(H,18,19,20)/t13-/m0/s1. The fourth-order valence-corrected chi connectivity index (χ4v) is 2.10. The van der Waals surface area contributed by atoms with E-state index in [2.05, 4.69) is 20.3 Å². The SMILES string of the molecule is CCCC[C@H](Nc1cc(C)nc(-c2ccccn2)n1)C(=O)O. The zero-order chi connectivity index (χ0) is 15.9. The summed E-state index contributed by atoms with van der Waals surface area (Å²) < 4.78 is 0. The molecule has 0 aliphatic rings. The first kappa shape index (κ1) is 15.9. The molecule has 0 fully saturated rings. The second-order valence-corrected chi connectivity index (χ2v) is 5.11. The molecule has 0 radical (unpaired) electrons. The van der Waals surface area contributed by atoms with E-state index < -0.39 is 12.0 Å². The molecule has 2 rings (SSSR count). The van der Waals surface area contributed by atoms with Gasteiger partial charge in [-0.15, -0.1) is 0 Å². The first-order valence-corrected chi connectivity index (χ1v) is 7.36. The second-order valence-electron chi connectivity index (χ2n) is 5.11. The van der Waals surface area contributed by atoms with E-state index in [-0.39, 0.29) is 0 Å². The number of hydrogen-bond acceptors (Lipinski definition) is 5. The van der Waals surface area contributed by atoms with Crippen LogP contribution < -0.4 is 5.32 Å². The van der Waals surface area contributed by atoms with Gasteiger partial charge in [0, 0.05) is 18.0 Å². The van der Waals surface area contributed by atoms with E-state index in [4.69, 9.17) is 0 Å². The van der Waals surface area contributed by atoms with Crippen LogP contribution in [0.3, 0.4) is 0 Å². The Bertz CT molecular complexity index is 631. The minimum atomic E-state index is -0.871. The van der Waals surface area contributed by atoms with Crippen molar-refractivity contribution in [2.45, 2.75) is 39.2 Å². The maximum absolute atomic E-state index is 11.3. The van der Waals surface area contributed by atoms with Crippen molar-refractivity contribution < 1.29 is 9.90 Å². The molecule has 0 amide bonds. The van der Waals surface area contributed by atoms with E-state index >= 15 is 0 Å². The Morgan fingerprint density at radius 1 is 1.36 bits per heavy atom. The van der Waals surface area contributed by atoms with Crippen LogP contribution in [0.25, 0.3) is 11.5 Å². The average molecular weight is 300 g/mol. The fourth-order valence-electron chi connectivity index (χ4n) is 2.10. The molecule has 0 aliphatic carbocycles. The van der Waals surface area contributed by atoms with Gasteiger partial charge in [-0.05, 0) is 25.5 Å². The van der Waals surface area contributed by atoms with Crippen LogP contribution in [-0.4, -0.2) is 32.1 Å². The maximum Gasteiger partial charge on any atom is 0.326 e. The molecule has 0 saturated carbocycles. The van der Waals surface area contributed by atoms with Crippen molar-refractivity contribution >= 4 is 11.8 Å². The predicted molar refractivity (Wildman–Crippen MR) is 84.6 cm³/mol. The zero-order valence-electron chi connectivity index (χ0n) is 12.8. The first-order chi connectivity index (χ1) is 10.6. The molecule has 0 aliphatic heterocycles. The number of nitrogens with one attached hydrogen (secondary N) is 1. The van der Waals surface area contributed by atoms with Crippen LogP contribution in [0.4, 0.5) is 5.82 Å². The van der Waals surface area contributed by atoms with Gasteiger partial charge < -0.3 is 10.4 Å². The first-order valence-electron chi connectivity index (χ1n) is 7.36. The molecule has 22 heavy (non-hydrogen) atoms. The number of unbranched alkanes of at least 4 members (excludes halogenated alkanes) is 1. The summed E-state index contributed by atoms with van der Waals surface area (Å²) >= 11 is 0. The van der Waals surface area contributed by atoms with Gasteiger partial charge in [0.05, 0.1) is 0 Å². The van der Waals surface area contributed by atoms with Crippen molar-refractivity contribution in [1.29, 1.82) is 0 Å². The number of rotatable bonds is 7. The number of aliphatic carboxylic acids is 1. The molecule has 0 spiro atoms. The van der Waals surface area contributed by atoms with Crippen LogP contribution in [0.15, 0.2) is 30.5 Å². The second kappa shape index (κ2) is 7.49. The van der Waals surface area contributed by atoms with Gasteiger partial charge in [0.25, 0.3) is 0 Å². The van der Waals surface area contributed by atoms with Gasteiger partial charge in [-0.2, -0.15) is 0 Å². The van der Waals surface area contributed by atoms with Gasteiger partial charge >= 0.3 is 5.97 Å². The fraction of sp³-hybridized carbons (Fsp3) is 0.375. The summed E-state index contributed by atoms with van der Waals surface area (Å²) in [6, 6.07) is 6.61. The third kappa shape index (κ3) is 4.25. The highest BCUT2D eigenvalue weighted by atomic mass is 16.4. The summed E-state index contributed by atoms with van der Waals surface area (Å²) in [6.45, 7) is 3.88. The van der Waals surface area contributed by atoms with Gasteiger partial charge in [-0.1, -0.05) is 25.8 Å². The van der Waals surface area contributed by atoms with Crippen LogP contribution in [0.5, 0.6) is 0 Å². The lowest BCUT2D eigenvalue weighted by molar-refractivity contribution is -0.138. The lowest BCUT2D eigenvalue weighted by Gasteiger charge is -2.15. The normalized spacial score (nSPS) is 11.9. The molecule has 2 aromatic rings. The average Bonchev–Trinajstić information content (AvgIpc) is 2.51. The third-order valence-corrected chi connectivity index (χ3v) is 3.21. The van der Waals surface area contributed by atoms with Crippen LogP contribution in [0, 0.1) is 6.92 Å². The highest BCUT2D eigenvalue weighted by Gasteiger charge is 2.17. The predicted octanol–water partition coefficient (Wildman–Crippen LogP) is 2.90. The van der Waals surface area contributed by atoms with Crippen LogP contribution in [0.2, 0.25) is 0 Å². The Kier molecular flexibility index (Phi) is 5.41. The third-order valence-electron chi connectivity index (χ3n) is 3.21. The number of carbonyl (C=O) groups is 1. The quantitative estimate of drug-likeness (QED) is 0.817. The van der Waals surface area contributed by atoms with Crippen molar-refractivity contribution in [3.05, 3.63) is 36.2 Å². The number of nitrogens with zero attached hydrogens (tertiary/aromatic N) is 3. The van der Waals surface area contributed by atoms with Gasteiger partial charge in [0.15, 0.2) is 5.82 Å². The molecule has 0 unspecified atom stereocenters. The Hall–Kier alpha value is -2.50. The Morgan fingerprint density at radius 3 is 2.82 bits per heavy atom. The number of anilines is 1. The summed E-state index contributed by atoms with van der Waals surface area (Å²) in [4.78, 5) is 24.3.